The Hall–Kier alpha value is -3.48. The second-order valence-corrected chi connectivity index (χ2v) is 7.23. The molecule has 7 heteroatoms. The monoisotopic (exact) mass is 402 g/mol. The van der Waals surface area contributed by atoms with Gasteiger partial charge < -0.3 is 9.30 Å². The minimum atomic E-state index is 0.358. The molecule has 0 unspecified atom stereocenters. The Morgan fingerprint density at radius 2 is 1.87 bits per heavy atom. The predicted molar refractivity (Wildman–Crippen MR) is 121 cm³/mol. The molecule has 0 fully saturated rings. The maximum absolute atomic E-state index is 5.77. The zero-order valence-corrected chi connectivity index (χ0v) is 17.4. The van der Waals surface area contributed by atoms with E-state index in [1.807, 2.05) is 60.1 Å². The molecule has 0 aliphatic carbocycles. The van der Waals surface area contributed by atoms with Crippen molar-refractivity contribution in [3.05, 3.63) is 54.1 Å². The van der Waals surface area contributed by atoms with Gasteiger partial charge in [-0.05, 0) is 42.3 Å². The molecule has 0 saturated heterocycles. The van der Waals surface area contributed by atoms with E-state index >= 15 is 0 Å². The van der Waals surface area contributed by atoms with Gasteiger partial charge in [-0.2, -0.15) is 10.1 Å². The smallest absolute Gasteiger partial charge is 0.265 e. The zero-order valence-electron chi connectivity index (χ0n) is 17.4. The van der Waals surface area contributed by atoms with Crippen molar-refractivity contribution < 1.29 is 4.74 Å². The largest absolute Gasteiger partial charge is 0.494 e. The first-order valence-electron chi connectivity index (χ1n) is 10.4. The number of hydrogen-bond donors (Lipinski definition) is 1. The number of ether oxygens (including phenoxy) is 1. The van der Waals surface area contributed by atoms with E-state index in [1.54, 1.807) is 6.21 Å². The SMILES string of the molecule is CCCCCCOc1ccc(/C=N/Nc2nnc3c4ccccc4n(C)c3n2)cc1. The van der Waals surface area contributed by atoms with Crippen LogP contribution in [0.1, 0.15) is 38.2 Å². The highest BCUT2D eigenvalue weighted by molar-refractivity contribution is 6.04. The summed E-state index contributed by atoms with van der Waals surface area (Å²) < 4.78 is 7.78. The Morgan fingerprint density at radius 1 is 1.03 bits per heavy atom. The fraction of sp³-hybridized carbons (Fsp3) is 0.304. The van der Waals surface area contributed by atoms with Gasteiger partial charge in [-0.15, -0.1) is 10.2 Å². The van der Waals surface area contributed by atoms with Crippen LogP contribution < -0.4 is 10.2 Å². The van der Waals surface area contributed by atoms with Crippen molar-refractivity contribution >= 4 is 34.2 Å². The number of benzene rings is 2. The van der Waals surface area contributed by atoms with Gasteiger partial charge in [0.2, 0.25) is 0 Å². The fourth-order valence-corrected chi connectivity index (χ4v) is 3.39. The summed E-state index contributed by atoms with van der Waals surface area (Å²) in [4.78, 5) is 4.56. The number of fused-ring (bicyclic) bond motifs is 3. The molecule has 4 rings (SSSR count). The third-order valence-corrected chi connectivity index (χ3v) is 5.03. The first kappa shape index (κ1) is 19.8. The number of hydrogen-bond acceptors (Lipinski definition) is 6. The van der Waals surface area contributed by atoms with Gasteiger partial charge in [0.1, 0.15) is 11.3 Å². The topological polar surface area (TPSA) is 77.2 Å². The molecule has 2 aromatic heterocycles. The number of rotatable bonds is 9. The average Bonchev–Trinajstić information content (AvgIpc) is 3.07. The number of unbranched alkanes of at least 4 members (excludes halogenated alkanes) is 3. The van der Waals surface area contributed by atoms with E-state index in [9.17, 15) is 0 Å². The lowest BCUT2D eigenvalue weighted by Crippen LogP contribution is -2.01. The Bertz CT molecular complexity index is 1150. The molecule has 0 aliphatic heterocycles. The number of para-hydroxylation sites is 1. The van der Waals surface area contributed by atoms with Crippen molar-refractivity contribution in [1.82, 2.24) is 19.7 Å². The van der Waals surface area contributed by atoms with Gasteiger partial charge in [-0.3, -0.25) is 0 Å². The lowest BCUT2D eigenvalue weighted by molar-refractivity contribution is 0.305. The van der Waals surface area contributed by atoms with E-state index in [0.717, 1.165) is 46.4 Å². The molecule has 0 saturated carbocycles. The van der Waals surface area contributed by atoms with Gasteiger partial charge in [-0.25, -0.2) is 5.43 Å². The van der Waals surface area contributed by atoms with Crippen LogP contribution in [0.3, 0.4) is 0 Å². The maximum atomic E-state index is 5.77. The second-order valence-electron chi connectivity index (χ2n) is 7.23. The summed E-state index contributed by atoms with van der Waals surface area (Å²) in [7, 11) is 1.97. The lowest BCUT2D eigenvalue weighted by atomic mass is 10.2. The Labute approximate surface area is 175 Å². The predicted octanol–water partition coefficient (Wildman–Crippen LogP) is 4.92. The highest BCUT2D eigenvalue weighted by Crippen LogP contribution is 2.24. The highest BCUT2D eigenvalue weighted by atomic mass is 16.5. The van der Waals surface area contributed by atoms with E-state index in [0.29, 0.717) is 5.95 Å². The van der Waals surface area contributed by atoms with Crippen molar-refractivity contribution in [1.29, 1.82) is 0 Å². The molecule has 4 aromatic rings. The van der Waals surface area contributed by atoms with E-state index in [2.05, 4.69) is 32.6 Å². The van der Waals surface area contributed by atoms with Gasteiger partial charge in [0.05, 0.1) is 18.3 Å². The second kappa shape index (κ2) is 9.35. The van der Waals surface area contributed by atoms with Gasteiger partial charge >= 0.3 is 0 Å². The van der Waals surface area contributed by atoms with Crippen LogP contribution in [0, 0.1) is 0 Å². The van der Waals surface area contributed by atoms with Crippen LogP contribution in [0.25, 0.3) is 22.1 Å². The summed E-state index contributed by atoms with van der Waals surface area (Å²) >= 11 is 0. The summed E-state index contributed by atoms with van der Waals surface area (Å²) in [5.74, 6) is 1.24. The van der Waals surface area contributed by atoms with Crippen molar-refractivity contribution in [3.8, 4) is 5.75 Å². The average molecular weight is 403 g/mol. The highest BCUT2D eigenvalue weighted by Gasteiger charge is 2.11. The van der Waals surface area contributed by atoms with Crippen LogP contribution in [0.5, 0.6) is 5.75 Å². The summed E-state index contributed by atoms with van der Waals surface area (Å²) in [5, 5.41) is 13.8. The van der Waals surface area contributed by atoms with E-state index < -0.39 is 0 Å². The molecular weight excluding hydrogens is 376 g/mol. The molecule has 1 N–H and O–H groups in total. The number of nitrogens with zero attached hydrogens (tertiary/aromatic N) is 5. The van der Waals surface area contributed by atoms with Crippen LogP contribution in [0.15, 0.2) is 53.6 Å². The first-order chi connectivity index (χ1) is 14.8. The molecule has 30 heavy (non-hydrogen) atoms. The minimum absolute atomic E-state index is 0.358. The van der Waals surface area contributed by atoms with Crippen LogP contribution in [-0.2, 0) is 7.05 Å². The molecule has 0 radical (unpaired) electrons. The summed E-state index contributed by atoms with van der Waals surface area (Å²) in [6.07, 6.45) is 6.53. The molecular formula is C23H26N6O. The Kier molecular flexibility index (Phi) is 6.17. The lowest BCUT2D eigenvalue weighted by Gasteiger charge is -2.05. The molecule has 0 bridgehead atoms. The number of aromatic nitrogens is 4. The van der Waals surface area contributed by atoms with Crippen molar-refractivity contribution in [2.24, 2.45) is 12.1 Å². The molecule has 7 nitrogen and oxygen atoms in total. The van der Waals surface area contributed by atoms with Crippen LogP contribution in [0.2, 0.25) is 0 Å². The van der Waals surface area contributed by atoms with Gasteiger partial charge in [0.25, 0.3) is 5.95 Å². The van der Waals surface area contributed by atoms with Crippen molar-refractivity contribution in [2.75, 3.05) is 12.0 Å². The summed E-state index contributed by atoms with van der Waals surface area (Å²) in [6, 6.07) is 15.9. The Morgan fingerprint density at radius 3 is 2.70 bits per heavy atom. The first-order valence-corrected chi connectivity index (χ1v) is 10.4. The normalized spacial score (nSPS) is 11.5. The van der Waals surface area contributed by atoms with E-state index in [1.165, 1.54) is 19.3 Å². The fourth-order valence-electron chi connectivity index (χ4n) is 3.39. The third-order valence-electron chi connectivity index (χ3n) is 5.03. The van der Waals surface area contributed by atoms with Gasteiger partial charge in [0.15, 0.2) is 5.65 Å². The third kappa shape index (κ3) is 4.40. The molecule has 0 amide bonds. The molecule has 0 aliphatic rings. The summed E-state index contributed by atoms with van der Waals surface area (Å²) in [6.45, 7) is 2.97. The van der Waals surface area contributed by atoms with Crippen LogP contribution in [0.4, 0.5) is 5.95 Å². The van der Waals surface area contributed by atoms with Crippen molar-refractivity contribution in [2.45, 2.75) is 32.6 Å². The molecule has 154 valence electrons. The van der Waals surface area contributed by atoms with Crippen LogP contribution >= 0.6 is 0 Å². The van der Waals surface area contributed by atoms with E-state index in [-0.39, 0.29) is 0 Å². The van der Waals surface area contributed by atoms with Crippen molar-refractivity contribution in [3.63, 3.8) is 0 Å². The van der Waals surface area contributed by atoms with E-state index in [4.69, 9.17) is 4.74 Å². The zero-order chi connectivity index (χ0) is 20.8. The number of nitrogens with one attached hydrogen (secondary N) is 1. The molecule has 0 atom stereocenters. The molecule has 0 spiro atoms. The minimum Gasteiger partial charge on any atom is -0.494 e. The Balaban J connectivity index is 1.37. The number of aryl methyl sites for hydroxylation is 1. The number of anilines is 1. The maximum Gasteiger partial charge on any atom is 0.265 e. The quantitative estimate of drug-likeness (QED) is 0.244. The molecule has 2 aromatic carbocycles. The van der Waals surface area contributed by atoms with Gasteiger partial charge in [-0.1, -0.05) is 44.4 Å². The number of hydrazone groups is 1. The summed E-state index contributed by atoms with van der Waals surface area (Å²) in [5.41, 5.74) is 6.45. The van der Waals surface area contributed by atoms with Crippen LogP contribution in [-0.4, -0.2) is 32.6 Å². The van der Waals surface area contributed by atoms with Gasteiger partial charge in [0, 0.05) is 12.4 Å². The standard InChI is InChI=1S/C23H26N6O/c1-3-4-5-8-15-30-18-13-11-17(12-14-18)16-24-27-23-25-22-21(26-28-23)19-9-6-7-10-20(19)29(22)2/h6-7,9-14,16H,3-5,8,15H2,1-2H3,(H,25,27,28)/b24-16+. The molecule has 2 heterocycles.